The summed E-state index contributed by atoms with van der Waals surface area (Å²) in [5, 5.41) is 12.4. The quantitative estimate of drug-likeness (QED) is 0.805. The van der Waals surface area contributed by atoms with E-state index < -0.39 is 35.7 Å². The zero-order chi connectivity index (χ0) is 19.6. The number of rotatable bonds is 4. The molecular formula is C19H16F2N2O3S. The van der Waals surface area contributed by atoms with Crippen LogP contribution < -0.4 is 5.32 Å². The van der Waals surface area contributed by atoms with Gasteiger partial charge in [0.05, 0.1) is 5.56 Å². The minimum atomic E-state index is -1.26. The number of halogens is 2. The minimum Gasteiger partial charge on any atom is -0.452 e. The second kappa shape index (κ2) is 7.84. The first kappa shape index (κ1) is 19.0. The number of fused-ring (bicyclic) bond motifs is 1. The molecule has 1 aliphatic rings. The van der Waals surface area contributed by atoms with Crippen molar-refractivity contribution in [2.24, 2.45) is 5.92 Å². The summed E-state index contributed by atoms with van der Waals surface area (Å²) in [6, 6.07) is 5.09. The summed E-state index contributed by atoms with van der Waals surface area (Å²) in [6.07, 6.45) is 2.62. The van der Waals surface area contributed by atoms with Crippen molar-refractivity contribution in [3.8, 4) is 6.07 Å². The largest absolute Gasteiger partial charge is 0.452 e. The highest BCUT2D eigenvalue weighted by Crippen LogP contribution is 2.39. The summed E-state index contributed by atoms with van der Waals surface area (Å²) in [4.78, 5) is 25.0. The van der Waals surface area contributed by atoms with E-state index in [1.165, 1.54) is 11.3 Å². The maximum absolute atomic E-state index is 13.6. The lowest BCUT2D eigenvalue weighted by Crippen LogP contribution is -2.22. The average molecular weight is 390 g/mol. The number of esters is 1. The Bertz CT molecular complexity index is 929. The van der Waals surface area contributed by atoms with Gasteiger partial charge in [-0.3, -0.25) is 4.79 Å². The molecule has 1 heterocycles. The number of nitriles is 1. The molecule has 2 aromatic rings. The number of ether oxygens (including phenoxy) is 1. The Hall–Kier alpha value is -2.79. The van der Waals surface area contributed by atoms with Crippen LogP contribution in [-0.4, -0.2) is 18.5 Å². The number of carbonyl (C=O) groups excluding carboxylic acids is 2. The molecule has 1 aromatic heterocycles. The highest BCUT2D eigenvalue weighted by Gasteiger charge is 2.25. The Kier molecular flexibility index (Phi) is 5.51. The van der Waals surface area contributed by atoms with E-state index in [1.807, 2.05) is 0 Å². The number of hydrogen-bond acceptors (Lipinski definition) is 5. The van der Waals surface area contributed by atoms with Gasteiger partial charge in [0.25, 0.3) is 5.91 Å². The molecule has 0 aliphatic heterocycles. The van der Waals surface area contributed by atoms with Gasteiger partial charge in [0, 0.05) is 4.88 Å². The number of benzene rings is 1. The van der Waals surface area contributed by atoms with Crippen molar-refractivity contribution >= 4 is 28.2 Å². The first-order valence-electron chi connectivity index (χ1n) is 8.36. The highest BCUT2D eigenvalue weighted by molar-refractivity contribution is 7.16. The molecular weight excluding hydrogens is 374 g/mol. The van der Waals surface area contributed by atoms with Crippen LogP contribution in [0.25, 0.3) is 0 Å². The molecule has 1 N–H and O–H groups in total. The molecule has 8 heteroatoms. The SMILES string of the molecule is C[C@@H]1CCc2c(sc(NC(=O)COC(=O)c3c(F)cccc3F)c2C#N)C1. The van der Waals surface area contributed by atoms with Gasteiger partial charge in [-0.15, -0.1) is 11.3 Å². The summed E-state index contributed by atoms with van der Waals surface area (Å²) in [6.45, 7) is 1.42. The van der Waals surface area contributed by atoms with Gasteiger partial charge in [-0.2, -0.15) is 5.26 Å². The number of anilines is 1. The predicted octanol–water partition coefficient (Wildman–Crippen LogP) is 3.82. The maximum atomic E-state index is 13.6. The van der Waals surface area contributed by atoms with E-state index in [0.29, 0.717) is 16.5 Å². The van der Waals surface area contributed by atoms with E-state index in [9.17, 15) is 23.6 Å². The van der Waals surface area contributed by atoms with Crippen molar-refractivity contribution in [3.63, 3.8) is 0 Å². The van der Waals surface area contributed by atoms with Crippen LogP contribution in [0.15, 0.2) is 18.2 Å². The lowest BCUT2D eigenvalue weighted by atomic mass is 9.89. The second-order valence-corrected chi connectivity index (χ2v) is 7.49. The summed E-state index contributed by atoms with van der Waals surface area (Å²) in [5.41, 5.74) is 0.548. The van der Waals surface area contributed by atoms with E-state index in [-0.39, 0.29) is 0 Å². The molecule has 27 heavy (non-hydrogen) atoms. The summed E-state index contributed by atoms with van der Waals surface area (Å²) >= 11 is 1.34. The van der Waals surface area contributed by atoms with Gasteiger partial charge in [-0.05, 0) is 42.9 Å². The summed E-state index contributed by atoms with van der Waals surface area (Å²) in [5.74, 6) is -3.55. The topological polar surface area (TPSA) is 79.2 Å². The zero-order valence-electron chi connectivity index (χ0n) is 14.5. The van der Waals surface area contributed by atoms with Gasteiger partial charge in [0.15, 0.2) is 6.61 Å². The molecule has 0 unspecified atom stereocenters. The Labute approximate surface area is 158 Å². The monoisotopic (exact) mass is 390 g/mol. The smallest absolute Gasteiger partial charge is 0.344 e. The van der Waals surface area contributed by atoms with Gasteiger partial charge in [-0.1, -0.05) is 13.0 Å². The van der Waals surface area contributed by atoms with Crippen LogP contribution in [-0.2, 0) is 22.4 Å². The Morgan fingerprint density at radius 1 is 1.37 bits per heavy atom. The van der Waals surface area contributed by atoms with Crippen LogP contribution in [0.2, 0.25) is 0 Å². The molecule has 0 saturated heterocycles. The molecule has 5 nitrogen and oxygen atoms in total. The van der Waals surface area contributed by atoms with E-state index >= 15 is 0 Å². The van der Waals surface area contributed by atoms with Crippen molar-refractivity contribution in [1.82, 2.24) is 0 Å². The van der Waals surface area contributed by atoms with Crippen LogP contribution in [0, 0.1) is 28.9 Å². The summed E-state index contributed by atoms with van der Waals surface area (Å²) in [7, 11) is 0. The van der Waals surface area contributed by atoms with E-state index in [1.54, 1.807) is 0 Å². The molecule has 0 fully saturated rings. The van der Waals surface area contributed by atoms with Crippen molar-refractivity contribution in [1.29, 1.82) is 5.26 Å². The molecule has 0 saturated carbocycles. The molecule has 140 valence electrons. The van der Waals surface area contributed by atoms with Crippen LogP contribution in [0.5, 0.6) is 0 Å². The average Bonchev–Trinajstić information content (AvgIpc) is 2.95. The van der Waals surface area contributed by atoms with Gasteiger partial charge < -0.3 is 10.1 Å². The molecule has 0 spiro atoms. The fourth-order valence-electron chi connectivity index (χ4n) is 3.02. The fourth-order valence-corrected chi connectivity index (χ4v) is 4.39. The molecule has 1 aliphatic carbocycles. The van der Waals surface area contributed by atoms with Gasteiger partial charge >= 0.3 is 5.97 Å². The molecule has 1 aromatic carbocycles. The summed E-state index contributed by atoms with van der Waals surface area (Å²) < 4.78 is 31.8. The van der Waals surface area contributed by atoms with Crippen LogP contribution >= 0.6 is 11.3 Å². The van der Waals surface area contributed by atoms with Crippen molar-refractivity contribution < 1.29 is 23.1 Å². The van der Waals surface area contributed by atoms with Crippen molar-refractivity contribution in [2.45, 2.75) is 26.2 Å². The Morgan fingerprint density at radius 2 is 2.07 bits per heavy atom. The number of nitrogens with zero attached hydrogens (tertiary/aromatic N) is 1. The van der Waals surface area contributed by atoms with Gasteiger partial charge in [0.2, 0.25) is 0 Å². The Morgan fingerprint density at radius 3 is 2.74 bits per heavy atom. The molecule has 1 amide bonds. The number of carbonyl (C=O) groups is 2. The molecule has 0 bridgehead atoms. The standard InChI is InChI=1S/C19H16F2N2O3S/c1-10-5-6-11-12(8-22)18(27-15(11)7-10)23-16(24)9-26-19(25)17-13(20)3-2-4-14(17)21/h2-4,10H,5-7,9H2,1H3,(H,23,24)/t10-/m1/s1. The third kappa shape index (κ3) is 3.98. The number of hydrogen-bond donors (Lipinski definition) is 1. The molecule has 3 rings (SSSR count). The third-order valence-corrected chi connectivity index (χ3v) is 5.55. The van der Waals surface area contributed by atoms with Crippen molar-refractivity contribution in [3.05, 3.63) is 51.4 Å². The van der Waals surface area contributed by atoms with Gasteiger partial charge in [0.1, 0.15) is 28.3 Å². The van der Waals surface area contributed by atoms with Crippen molar-refractivity contribution in [2.75, 3.05) is 11.9 Å². The lowest BCUT2D eigenvalue weighted by Gasteiger charge is -2.17. The normalized spacial score (nSPS) is 15.6. The number of thiophene rings is 1. The van der Waals surface area contributed by atoms with E-state index in [2.05, 4.69) is 18.3 Å². The molecule has 0 radical (unpaired) electrons. The first-order valence-corrected chi connectivity index (χ1v) is 9.18. The van der Waals surface area contributed by atoms with Crippen LogP contribution in [0.3, 0.4) is 0 Å². The fraction of sp³-hybridized carbons (Fsp3) is 0.316. The maximum Gasteiger partial charge on any atom is 0.344 e. The second-order valence-electron chi connectivity index (χ2n) is 6.39. The zero-order valence-corrected chi connectivity index (χ0v) is 15.3. The van der Waals surface area contributed by atoms with E-state index in [0.717, 1.165) is 47.9 Å². The lowest BCUT2D eigenvalue weighted by molar-refractivity contribution is -0.119. The third-order valence-electron chi connectivity index (χ3n) is 4.38. The van der Waals surface area contributed by atoms with E-state index in [4.69, 9.17) is 4.74 Å². The Balaban J connectivity index is 1.67. The minimum absolute atomic E-state index is 0.412. The van der Waals surface area contributed by atoms with Gasteiger partial charge in [-0.25, -0.2) is 13.6 Å². The molecule has 1 atom stereocenters. The number of amides is 1. The van der Waals surface area contributed by atoms with Crippen LogP contribution in [0.4, 0.5) is 13.8 Å². The highest BCUT2D eigenvalue weighted by atomic mass is 32.1. The predicted molar refractivity (Wildman–Crippen MR) is 95.5 cm³/mol. The van der Waals surface area contributed by atoms with Crippen LogP contribution in [0.1, 0.15) is 39.7 Å². The number of nitrogens with one attached hydrogen (secondary N) is 1. The first-order chi connectivity index (χ1) is 12.9.